The zero-order valence-corrected chi connectivity index (χ0v) is 12.6. The van der Waals surface area contributed by atoms with Crippen molar-refractivity contribution in [2.75, 3.05) is 46.9 Å². The maximum atomic E-state index is 12.0. The Morgan fingerprint density at radius 1 is 1.37 bits per heavy atom. The molecule has 1 aliphatic heterocycles. The second-order valence-electron chi connectivity index (χ2n) is 5.33. The summed E-state index contributed by atoms with van der Waals surface area (Å²) in [5, 5.41) is 6.12. The first kappa shape index (κ1) is 16.4. The van der Waals surface area contributed by atoms with E-state index in [0.717, 1.165) is 25.6 Å². The predicted octanol–water partition coefficient (Wildman–Crippen LogP) is 0.459. The monoisotopic (exact) mass is 271 g/mol. The molecule has 0 aromatic heterocycles. The number of nitrogens with zero attached hydrogens (tertiary/aromatic N) is 1. The molecular formula is C14H29N3O2. The smallest absolute Gasteiger partial charge is 0.237 e. The molecule has 1 amide bonds. The first-order chi connectivity index (χ1) is 9.19. The lowest BCUT2D eigenvalue weighted by atomic mass is 9.93. The summed E-state index contributed by atoms with van der Waals surface area (Å²) >= 11 is 0. The topological polar surface area (TPSA) is 53.6 Å². The molecule has 112 valence electrons. The Balaban J connectivity index is 2.23. The number of amides is 1. The van der Waals surface area contributed by atoms with Crippen molar-refractivity contribution in [3.8, 4) is 0 Å². The van der Waals surface area contributed by atoms with E-state index in [9.17, 15) is 4.79 Å². The number of carbonyl (C=O) groups excluding carboxylic acids is 1. The van der Waals surface area contributed by atoms with Crippen LogP contribution in [-0.4, -0.2) is 63.8 Å². The van der Waals surface area contributed by atoms with Crippen LogP contribution in [0.1, 0.15) is 26.2 Å². The van der Waals surface area contributed by atoms with Crippen LogP contribution < -0.4 is 10.6 Å². The minimum absolute atomic E-state index is 0.0258. The molecule has 0 saturated carbocycles. The highest BCUT2D eigenvalue weighted by molar-refractivity contribution is 5.81. The van der Waals surface area contributed by atoms with Crippen LogP contribution >= 0.6 is 0 Å². The molecule has 1 atom stereocenters. The largest absolute Gasteiger partial charge is 0.383 e. The van der Waals surface area contributed by atoms with Gasteiger partial charge in [0.25, 0.3) is 0 Å². The summed E-state index contributed by atoms with van der Waals surface area (Å²) in [7, 11) is 3.65. The number of carbonyl (C=O) groups is 1. The van der Waals surface area contributed by atoms with Gasteiger partial charge in [-0.2, -0.15) is 0 Å². The van der Waals surface area contributed by atoms with Gasteiger partial charge in [-0.1, -0.05) is 0 Å². The average molecular weight is 271 g/mol. The number of hydrogen-bond donors (Lipinski definition) is 2. The molecule has 0 spiro atoms. The Kier molecular flexibility index (Phi) is 8.02. The number of piperidine rings is 1. The molecule has 1 rings (SSSR count). The number of nitrogens with one attached hydrogen (secondary N) is 2. The fourth-order valence-corrected chi connectivity index (χ4v) is 2.57. The van der Waals surface area contributed by atoms with E-state index < -0.39 is 0 Å². The van der Waals surface area contributed by atoms with E-state index >= 15 is 0 Å². The van der Waals surface area contributed by atoms with Crippen LogP contribution in [0.15, 0.2) is 0 Å². The second kappa shape index (κ2) is 9.28. The van der Waals surface area contributed by atoms with Gasteiger partial charge in [0.15, 0.2) is 0 Å². The van der Waals surface area contributed by atoms with Crippen molar-refractivity contribution in [3.05, 3.63) is 0 Å². The molecule has 1 aliphatic rings. The van der Waals surface area contributed by atoms with Crippen molar-refractivity contribution in [2.24, 2.45) is 5.92 Å². The molecule has 1 heterocycles. The van der Waals surface area contributed by atoms with E-state index in [0.29, 0.717) is 13.2 Å². The number of hydrogen-bond acceptors (Lipinski definition) is 4. The van der Waals surface area contributed by atoms with Gasteiger partial charge < -0.3 is 15.4 Å². The Bertz CT molecular complexity index is 253. The molecule has 2 N–H and O–H groups in total. The van der Waals surface area contributed by atoms with E-state index in [1.54, 1.807) is 7.11 Å². The van der Waals surface area contributed by atoms with Gasteiger partial charge in [0.1, 0.15) is 0 Å². The third-order valence-electron chi connectivity index (χ3n) is 3.98. The van der Waals surface area contributed by atoms with Gasteiger partial charge in [-0.3, -0.25) is 9.69 Å². The quantitative estimate of drug-likeness (QED) is 0.630. The Hall–Kier alpha value is -0.650. The zero-order chi connectivity index (χ0) is 14.1. The maximum absolute atomic E-state index is 12.0. The highest BCUT2D eigenvalue weighted by Gasteiger charge is 2.25. The Labute approximate surface area is 117 Å². The first-order valence-corrected chi connectivity index (χ1v) is 7.34. The summed E-state index contributed by atoms with van der Waals surface area (Å²) in [4.78, 5) is 14.2. The van der Waals surface area contributed by atoms with Gasteiger partial charge in [-0.05, 0) is 58.8 Å². The maximum Gasteiger partial charge on any atom is 0.237 e. The van der Waals surface area contributed by atoms with Crippen LogP contribution in [-0.2, 0) is 9.53 Å². The highest BCUT2D eigenvalue weighted by atomic mass is 16.5. The van der Waals surface area contributed by atoms with E-state index in [1.165, 1.54) is 19.3 Å². The van der Waals surface area contributed by atoms with Gasteiger partial charge in [-0.15, -0.1) is 0 Å². The van der Waals surface area contributed by atoms with Gasteiger partial charge in [-0.25, -0.2) is 0 Å². The van der Waals surface area contributed by atoms with Crippen LogP contribution in [0.2, 0.25) is 0 Å². The molecule has 0 bridgehead atoms. The summed E-state index contributed by atoms with van der Waals surface area (Å²) < 4.78 is 4.93. The Morgan fingerprint density at radius 3 is 2.63 bits per heavy atom. The zero-order valence-electron chi connectivity index (χ0n) is 12.6. The summed E-state index contributed by atoms with van der Waals surface area (Å²) in [6.07, 6.45) is 3.66. The summed E-state index contributed by atoms with van der Waals surface area (Å²) in [6.45, 7) is 6.33. The number of ether oxygens (including phenoxy) is 1. The third-order valence-corrected chi connectivity index (χ3v) is 3.98. The molecule has 5 heteroatoms. The predicted molar refractivity (Wildman–Crippen MR) is 77.2 cm³/mol. The molecular weight excluding hydrogens is 242 g/mol. The Morgan fingerprint density at radius 2 is 2.05 bits per heavy atom. The van der Waals surface area contributed by atoms with Crippen molar-refractivity contribution in [1.82, 2.24) is 15.5 Å². The fraction of sp³-hybridized carbons (Fsp3) is 0.929. The van der Waals surface area contributed by atoms with Crippen LogP contribution in [0.5, 0.6) is 0 Å². The molecule has 5 nitrogen and oxygen atoms in total. The number of likely N-dealkylation sites (tertiary alicyclic amines) is 1. The van der Waals surface area contributed by atoms with Crippen LogP contribution in [0.4, 0.5) is 0 Å². The lowest BCUT2D eigenvalue weighted by Gasteiger charge is -2.35. The lowest BCUT2D eigenvalue weighted by molar-refractivity contribution is -0.126. The molecule has 0 aliphatic carbocycles. The third kappa shape index (κ3) is 5.89. The minimum Gasteiger partial charge on any atom is -0.383 e. The lowest BCUT2D eigenvalue weighted by Crippen LogP contribution is -2.48. The van der Waals surface area contributed by atoms with Crippen molar-refractivity contribution < 1.29 is 9.53 Å². The van der Waals surface area contributed by atoms with E-state index in [-0.39, 0.29) is 11.9 Å². The van der Waals surface area contributed by atoms with E-state index in [2.05, 4.69) is 15.5 Å². The molecule has 0 radical (unpaired) electrons. The summed E-state index contributed by atoms with van der Waals surface area (Å²) in [6, 6.07) is -0.0258. The van der Waals surface area contributed by atoms with Gasteiger partial charge in [0.2, 0.25) is 5.91 Å². The van der Waals surface area contributed by atoms with Gasteiger partial charge >= 0.3 is 0 Å². The molecule has 1 fully saturated rings. The summed E-state index contributed by atoms with van der Waals surface area (Å²) in [5.74, 6) is 0.929. The van der Waals surface area contributed by atoms with Crippen LogP contribution in [0.3, 0.4) is 0 Å². The van der Waals surface area contributed by atoms with Gasteiger partial charge in [0, 0.05) is 13.7 Å². The van der Waals surface area contributed by atoms with Crippen molar-refractivity contribution >= 4 is 5.91 Å². The normalized spacial score (nSPS) is 19.3. The highest BCUT2D eigenvalue weighted by Crippen LogP contribution is 2.21. The van der Waals surface area contributed by atoms with Crippen molar-refractivity contribution in [3.63, 3.8) is 0 Å². The van der Waals surface area contributed by atoms with Crippen LogP contribution in [0, 0.1) is 5.92 Å². The van der Waals surface area contributed by atoms with Gasteiger partial charge in [0.05, 0.1) is 12.6 Å². The average Bonchev–Trinajstić information content (AvgIpc) is 2.45. The fourth-order valence-electron chi connectivity index (χ4n) is 2.57. The number of rotatable bonds is 8. The van der Waals surface area contributed by atoms with E-state index in [1.807, 2.05) is 14.0 Å². The molecule has 1 unspecified atom stereocenters. The first-order valence-electron chi connectivity index (χ1n) is 7.34. The van der Waals surface area contributed by atoms with E-state index in [4.69, 9.17) is 4.74 Å². The second-order valence-corrected chi connectivity index (χ2v) is 5.33. The van der Waals surface area contributed by atoms with Crippen LogP contribution in [0.25, 0.3) is 0 Å². The van der Waals surface area contributed by atoms with Crippen molar-refractivity contribution in [2.45, 2.75) is 32.2 Å². The standard InChI is InChI=1S/C14H29N3O2/c1-12(14(18)16-8-11-19-3)17-9-5-13(6-10-17)4-7-15-2/h12-13,15H,4-11H2,1-3H3,(H,16,18). The van der Waals surface area contributed by atoms with Crippen molar-refractivity contribution in [1.29, 1.82) is 0 Å². The minimum atomic E-state index is -0.0258. The molecule has 0 aromatic carbocycles. The number of methoxy groups -OCH3 is 1. The molecule has 1 saturated heterocycles. The summed E-state index contributed by atoms with van der Waals surface area (Å²) in [5.41, 5.74) is 0. The molecule has 19 heavy (non-hydrogen) atoms. The molecule has 0 aromatic rings. The SMILES string of the molecule is CNCCC1CCN(C(C)C(=O)NCCOC)CC1.